The quantitative estimate of drug-likeness (QED) is 0.678. The molecular formula is C18H14FN3O2S. The number of carbonyl (C=O) groups excluding carboxylic acids is 2. The molecule has 25 heavy (non-hydrogen) atoms. The van der Waals surface area contributed by atoms with E-state index in [1.165, 1.54) is 29.8 Å². The molecule has 126 valence electrons. The molecule has 0 aliphatic rings. The van der Waals surface area contributed by atoms with Gasteiger partial charge in [0.2, 0.25) is 16.5 Å². The first kappa shape index (κ1) is 16.9. The standard InChI is InChI=1S/C18H14FN3O2S/c1-11-10-13(19)8-9-15(11)16(24)17-21-22(14-6-4-3-5-7-14)18(25-17)20-12(2)23/h3-10H,1-2H3. The molecule has 0 saturated carbocycles. The molecule has 5 nitrogen and oxygen atoms in total. The number of aryl methyl sites for hydroxylation is 1. The molecule has 0 aliphatic carbocycles. The largest absolute Gasteiger partial charge is 0.286 e. The van der Waals surface area contributed by atoms with E-state index in [1.807, 2.05) is 18.2 Å². The van der Waals surface area contributed by atoms with Gasteiger partial charge >= 0.3 is 0 Å². The van der Waals surface area contributed by atoms with Crippen LogP contribution in [-0.2, 0) is 4.79 Å². The lowest BCUT2D eigenvalue weighted by atomic mass is 10.1. The number of benzene rings is 2. The molecule has 0 N–H and O–H groups in total. The number of aromatic nitrogens is 2. The molecule has 0 saturated heterocycles. The van der Waals surface area contributed by atoms with Crippen molar-refractivity contribution in [1.29, 1.82) is 0 Å². The van der Waals surface area contributed by atoms with E-state index in [-0.39, 0.29) is 16.7 Å². The van der Waals surface area contributed by atoms with E-state index < -0.39 is 5.82 Å². The van der Waals surface area contributed by atoms with Crippen molar-refractivity contribution in [2.24, 2.45) is 4.99 Å². The molecule has 0 spiro atoms. The van der Waals surface area contributed by atoms with Crippen LogP contribution in [0.4, 0.5) is 4.39 Å². The zero-order chi connectivity index (χ0) is 18.0. The van der Waals surface area contributed by atoms with Gasteiger partial charge in [0.15, 0.2) is 5.01 Å². The van der Waals surface area contributed by atoms with Gasteiger partial charge in [-0.3, -0.25) is 9.59 Å². The Morgan fingerprint density at radius 1 is 1.16 bits per heavy atom. The molecule has 0 bridgehead atoms. The Morgan fingerprint density at radius 2 is 1.88 bits per heavy atom. The zero-order valence-electron chi connectivity index (χ0n) is 13.6. The van der Waals surface area contributed by atoms with E-state index in [1.54, 1.807) is 19.1 Å². The van der Waals surface area contributed by atoms with Gasteiger partial charge in [0, 0.05) is 12.5 Å². The summed E-state index contributed by atoms with van der Waals surface area (Å²) in [4.78, 5) is 28.4. The third kappa shape index (κ3) is 3.61. The first-order valence-electron chi connectivity index (χ1n) is 7.47. The lowest BCUT2D eigenvalue weighted by molar-refractivity contribution is -0.116. The fourth-order valence-corrected chi connectivity index (χ4v) is 3.22. The fraction of sp³-hybridized carbons (Fsp3) is 0.111. The molecular weight excluding hydrogens is 341 g/mol. The Kier molecular flexibility index (Phi) is 4.67. The molecule has 1 amide bonds. The van der Waals surface area contributed by atoms with E-state index >= 15 is 0 Å². The van der Waals surface area contributed by atoms with Gasteiger partial charge in [-0.25, -0.2) is 9.07 Å². The molecule has 1 aromatic heterocycles. The first-order valence-corrected chi connectivity index (χ1v) is 8.29. The highest BCUT2D eigenvalue weighted by Crippen LogP contribution is 2.16. The van der Waals surface area contributed by atoms with Crippen molar-refractivity contribution in [2.45, 2.75) is 13.8 Å². The maximum atomic E-state index is 13.3. The summed E-state index contributed by atoms with van der Waals surface area (Å²) in [6.45, 7) is 3.00. The average Bonchev–Trinajstić information content (AvgIpc) is 2.98. The number of rotatable bonds is 3. The second-order valence-electron chi connectivity index (χ2n) is 5.36. The van der Waals surface area contributed by atoms with Crippen LogP contribution >= 0.6 is 11.3 Å². The minimum atomic E-state index is -0.403. The summed E-state index contributed by atoms with van der Waals surface area (Å²) in [5.74, 6) is -1.12. The number of halogens is 1. The van der Waals surface area contributed by atoms with Crippen LogP contribution in [0.3, 0.4) is 0 Å². The highest BCUT2D eigenvalue weighted by Gasteiger charge is 2.18. The van der Waals surface area contributed by atoms with Gasteiger partial charge in [-0.05, 0) is 42.8 Å². The lowest BCUT2D eigenvalue weighted by Gasteiger charge is -2.02. The van der Waals surface area contributed by atoms with Gasteiger partial charge in [-0.2, -0.15) is 10.1 Å². The minimum Gasteiger partial charge on any atom is -0.286 e. The van der Waals surface area contributed by atoms with E-state index in [0.717, 1.165) is 11.3 Å². The molecule has 1 heterocycles. The summed E-state index contributed by atoms with van der Waals surface area (Å²) in [5, 5.41) is 4.50. The predicted molar refractivity (Wildman–Crippen MR) is 92.3 cm³/mol. The Labute approximate surface area is 147 Å². The Morgan fingerprint density at radius 3 is 2.52 bits per heavy atom. The summed E-state index contributed by atoms with van der Waals surface area (Å²) < 4.78 is 14.7. The normalized spacial score (nSPS) is 11.6. The van der Waals surface area contributed by atoms with Crippen molar-refractivity contribution in [3.63, 3.8) is 0 Å². The van der Waals surface area contributed by atoms with Crippen LogP contribution in [-0.4, -0.2) is 21.5 Å². The Hall–Kier alpha value is -2.93. The Balaban J connectivity index is 2.13. The van der Waals surface area contributed by atoms with Crippen LogP contribution in [0.25, 0.3) is 5.69 Å². The van der Waals surface area contributed by atoms with Gasteiger partial charge in [0.05, 0.1) is 5.69 Å². The summed E-state index contributed by atoms with van der Waals surface area (Å²) in [5.41, 5.74) is 1.58. The Bertz CT molecular complexity index is 1020. The molecule has 3 aromatic rings. The SMILES string of the molecule is CC(=O)N=c1sc(C(=O)c2ccc(F)cc2C)nn1-c1ccccc1. The van der Waals surface area contributed by atoms with E-state index in [4.69, 9.17) is 0 Å². The second kappa shape index (κ2) is 6.90. The van der Waals surface area contributed by atoms with Crippen LogP contribution in [0.15, 0.2) is 53.5 Å². The predicted octanol–water partition coefficient (Wildman–Crippen LogP) is 3.06. The summed E-state index contributed by atoms with van der Waals surface area (Å²) in [6.07, 6.45) is 0. The number of para-hydroxylation sites is 1. The van der Waals surface area contributed by atoms with Gasteiger partial charge in [0.25, 0.3) is 0 Å². The lowest BCUT2D eigenvalue weighted by Crippen LogP contribution is -2.15. The number of ketones is 1. The topological polar surface area (TPSA) is 64.3 Å². The van der Waals surface area contributed by atoms with Crippen molar-refractivity contribution >= 4 is 23.0 Å². The van der Waals surface area contributed by atoms with Crippen molar-refractivity contribution in [3.8, 4) is 5.69 Å². The maximum absolute atomic E-state index is 13.3. The first-order chi connectivity index (χ1) is 12.0. The molecule has 0 atom stereocenters. The van der Waals surface area contributed by atoms with E-state index in [2.05, 4.69) is 10.1 Å². The zero-order valence-corrected chi connectivity index (χ0v) is 14.4. The van der Waals surface area contributed by atoms with Gasteiger partial charge in [-0.1, -0.05) is 29.5 Å². The molecule has 0 unspecified atom stereocenters. The summed E-state index contributed by atoms with van der Waals surface area (Å²) >= 11 is 1.02. The van der Waals surface area contributed by atoms with E-state index in [9.17, 15) is 14.0 Å². The summed E-state index contributed by atoms with van der Waals surface area (Å²) in [6, 6.07) is 13.1. The number of amides is 1. The van der Waals surface area contributed by atoms with Gasteiger partial charge in [0.1, 0.15) is 5.82 Å². The van der Waals surface area contributed by atoms with Crippen molar-refractivity contribution in [2.75, 3.05) is 0 Å². The average molecular weight is 355 g/mol. The van der Waals surface area contributed by atoms with Crippen LogP contribution < -0.4 is 4.80 Å². The fourth-order valence-electron chi connectivity index (χ4n) is 2.31. The van der Waals surface area contributed by atoms with Gasteiger partial charge < -0.3 is 0 Å². The summed E-state index contributed by atoms with van der Waals surface area (Å²) in [7, 11) is 0. The van der Waals surface area contributed by atoms with Gasteiger partial charge in [-0.15, -0.1) is 0 Å². The molecule has 0 radical (unpaired) electrons. The second-order valence-corrected chi connectivity index (χ2v) is 6.31. The van der Waals surface area contributed by atoms with Crippen molar-refractivity contribution < 1.29 is 14.0 Å². The molecule has 2 aromatic carbocycles. The van der Waals surface area contributed by atoms with Crippen LogP contribution in [0.2, 0.25) is 0 Å². The number of nitrogens with zero attached hydrogens (tertiary/aromatic N) is 3. The smallest absolute Gasteiger partial charge is 0.245 e. The van der Waals surface area contributed by atoms with Crippen molar-refractivity contribution in [1.82, 2.24) is 9.78 Å². The molecule has 0 aliphatic heterocycles. The number of hydrogen-bond acceptors (Lipinski definition) is 4. The highest BCUT2D eigenvalue weighted by atomic mass is 32.1. The number of hydrogen-bond donors (Lipinski definition) is 0. The monoisotopic (exact) mass is 355 g/mol. The molecule has 0 fully saturated rings. The molecule has 7 heteroatoms. The maximum Gasteiger partial charge on any atom is 0.245 e. The third-order valence-electron chi connectivity index (χ3n) is 3.44. The van der Waals surface area contributed by atoms with Crippen LogP contribution in [0, 0.1) is 12.7 Å². The van der Waals surface area contributed by atoms with E-state index in [0.29, 0.717) is 21.6 Å². The number of carbonyl (C=O) groups is 2. The van der Waals surface area contributed by atoms with Crippen molar-refractivity contribution in [3.05, 3.63) is 75.3 Å². The van der Waals surface area contributed by atoms with Crippen LogP contribution in [0.5, 0.6) is 0 Å². The van der Waals surface area contributed by atoms with Crippen LogP contribution in [0.1, 0.15) is 27.9 Å². The molecule has 3 rings (SSSR count). The highest BCUT2D eigenvalue weighted by molar-refractivity contribution is 7.11. The minimum absolute atomic E-state index is 0.179. The third-order valence-corrected chi connectivity index (χ3v) is 4.35.